The second-order valence-corrected chi connectivity index (χ2v) is 9.90. The van der Waals surface area contributed by atoms with Crippen LogP contribution >= 0.6 is 0 Å². The highest BCUT2D eigenvalue weighted by atomic mass is 28.4. The van der Waals surface area contributed by atoms with Gasteiger partial charge < -0.3 is 4.43 Å². The fourth-order valence-corrected chi connectivity index (χ4v) is 4.04. The van der Waals surface area contributed by atoms with Gasteiger partial charge in [-0.05, 0) is 51.2 Å². The van der Waals surface area contributed by atoms with Gasteiger partial charge in [-0.15, -0.1) is 0 Å². The van der Waals surface area contributed by atoms with E-state index >= 15 is 0 Å². The van der Waals surface area contributed by atoms with Gasteiger partial charge in [0.25, 0.3) is 0 Å². The maximum absolute atomic E-state index is 6.31. The van der Waals surface area contributed by atoms with Crippen molar-refractivity contribution in [3.05, 3.63) is 12.2 Å². The van der Waals surface area contributed by atoms with E-state index in [0.29, 0.717) is 0 Å². The standard InChI is InChI=1S/C11H20OSi/c1-13(2,3)12-11-7-4-10(5-8-11)6-9-11/h4,7,10H,5-6,8-9H2,1-3H3. The molecule has 1 saturated carbocycles. The molecule has 74 valence electrons. The SMILES string of the molecule is C[Si](C)(C)OC12C=CC(CC1)CC2. The fourth-order valence-electron chi connectivity index (χ4n) is 2.55. The van der Waals surface area contributed by atoms with Crippen molar-refractivity contribution in [2.45, 2.75) is 50.9 Å². The van der Waals surface area contributed by atoms with E-state index in [4.69, 9.17) is 4.43 Å². The van der Waals surface area contributed by atoms with Crippen molar-refractivity contribution in [3.63, 3.8) is 0 Å². The van der Waals surface area contributed by atoms with Gasteiger partial charge in [0.2, 0.25) is 0 Å². The minimum Gasteiger partial charge on any atom is -0.409 e. The maximum Gasteiger partial charge on any atom is 0.184 e. The van der Waals surface area contributed by atoms with Crippen LogP contribution in [0.3, 0.4) is 0 Å². The smallest absolute Gasteiger partial charge is 0.184 e. The van der Waals surface area contributed by atoms with Gasteiger partial charge in [-0.2, -0.15) is 0 Å². The molecule has 0 unspecified atom stereocenters. The van der Waals surface area contributed by atoms with Crippen molar-refractivity contribution >= 4 is 8.32 Å². The Morgan fingerprint density at radius 1 is 1.23 bits per heavy atom. The van der Waals surface area contributed by atoms with Crippen molar-refractivity contribution in [2.75, 3.05) is 0 Å². The van der Waals surface area contributed by atoms with E-state index in [1.165, 1.54) is 25.7 Å². The lowest BCUT2D eigenvalue weighted by molar-refractivity contribution is 0.0475. The van der Waals surface area contributed by atoms with Crippen LogP contribution < -0.4 is 0 Å². The molecular weight excluding hydrogens is 176 g/mol. The van der Waals surface area contributed by atoms with Crippen LogP contribution in [0.15, 0.2) is 12.2 Å². The first kappa shape index (κ1) is 9.47. The minimum atomic E-state index is -1.36. The summed E-state index contributed by atoms with van der Waals surface area (Å²) >= 11 is 0. The zero-order chi connectivity index (χ0) is 9.53. The van der Waals surface area contributed by atoms with Crippen LogP contribution in [0.4, 0.5) is 0 Å². The topological polar surface area (TPSA) is 9.23 Å². The van der Waals surface area contributed by atoms with Crippen molar-refractivity contribution in [2.24, 2.45) is 5.92 Å². The Morgan fingerprint density at radius 2 is 1.85 bits per heavy atom. The van der Waals surface area contributed by atoms with Crippen LogP contribution in [0.1, 0.15) is 25.7 Å². The van der Waals surface area contributed by atoms with Crippen molar-refractivity contribution < 1.29 is 4.43 Å². The summed E-state index contributed by atoms with van der Waals surface area (Å²) in [5.74, 6) is 0.868. The lowest BCUT2D eigenvalue weighted by atomic mass is 9.73. The molecule has 3 aliphatic rings. The molecule has 0 amide bonds. The Balaban J connectivity index is 2.12. The molecule has 0 aromatic rings. The fraction of sp³-hybridized carbons (Fsp3) is 0.818. The maximum atomic E-state index is 6.31. The molecule has 2 bridgehead atoms. The Kier molecular flexibility index (Phi) is 2.15. The van der Waals surface area contributed by atoms with E-state index in [2.05, 4.69) is 31.8 Å². The predicted molar refractivity (Wildman–Crippen MR) is 58.3 cm³/mol. The first-order valence-electron chi connectivity index (χ1n) is 5.39. The van der Waals surface area contributed by atoms with Gasteiger partial charge >= 0.3 is 0 Å². The molecule has 0 aromatic carbocycles. The molecule has 13 heavy (non-hydrogen) atoms. The summed E-state index contributed by atoms with van der Waals surface area (Å²) in [6, 6.07) is 0. The van der Waals surface area contributed by atoms with Gasteiger partial charge in [0.05, 0.1) is 5.60 Å². The van der Waals surface area contributed by atoms with Crippen LogP contribution in [0.2, 0.25) is 19.6 Å². The van der Waals surface area contributed by atoms with Gasteiger partial charge in [0.15, 0.2) is 8.32 Å². The van der Waals surface area contributed by atoms with Crippen LogP contribution in [-0.4, -0.2) is 13.9 Å². The van der Waals surface area contributed by atoms with Gasteiger partial charge in [0, 0.05) is 0 Å². The third kappa shape index (κ3) is 2.05. The molecule has 1 nitrogen and oxygen atoms in total. The van der Waals surface area contributed by atoms with E-state index in [-0.39, 0.29) is 5.60 Å². The van der Waals surface area contributed by atoms with Crippen molar-refractivity contribution in [1.82, 2.24) is 0 Å². The third-order valence-corrected chi connectivity index (χ3v) is 4.08. The quantitative estimate of drug-likeness (QED) is 0.486. The third-order valence-electron chi connectivity index (χ3n) is 3.06. The van der Waals surface area contributed by atoms with E-state index in [0.717, 1.165) is 5.92 Å². The van der Waals surface area contributed by atoms with Crippen LogP contribution in [0, 0.1) is 5.92 Å². The van der Waals surface area contributed by atoms with Gasteiger partial charge in [-0.3, -0.25) is 0 Å². The average molecular weight is 196 g/mol. The lowest BCUT2D eigenvalue weighted by Gasteiger charge is -2.45. The second kappa shape index (κ2) is 2.96. The molecule has 0 aliphatic heterocycles. The van der Waals surface area contributed by atoms with Crippen molar-refractivity contribution in [3.8, 4) is 0 Å². The van der Waals surface area contributed by atoms with E-state index in [1.54, 1.807) is 0 Å². The summed E-state index contributed by atoms with van der Waals surface area (Å²) < 4.78 is 6.31. The zero-order valence-electron chi connectivity index (χ0n) is 8.97. The Hall–Kier alpha value is -0.0831. The Bertz CT molecular complexity index is 219. The summed E-state index contributed by atoms with van der Waals surface area (Å²) in [7, 11) is -1.36. The molecule has 3 aliphatic carbocycles. The largest absolute Gasteiger partial charge is 0.409 e. The summed E-state index contributed by atoms with van der Waals surface area (Å²) in [5.41, 5.74) is 0.152. The van der Waals surface area contributed by atoms with Gasteiger partial charge in [-0.25, -0.2) is 0 Å². The molecule has 2 heteroatoms. The highest BCUT2D eigenvalue weighted by molar-refractivity contribution is 6.69. The lowest BCUT2D eigenvalue weighted by Crippen LogP contribution is -2.45. The summed E-state index contributed by atoms with van der Waals surface area (Å²) in [5, 5.41) is 0. The van der Waals surface area contributed by atoms with Crippen LogP contribution in [0.25, 0.3) is 0 Å². The highest BCUT2D eigenvalue weighted by Crippen LogP contribution is 2.42. The number of rotatable bonds is 2. The van der Waals surface area contributed by atoms with E-state index in [9.17, 15) is 0 Å². The molecule has 0 spiro atoms. The molecule has 1 fully saturated rings. The first-order chi connectivity index (χ1) is 5.99. The average Bonchev–Trinajstić information content (AvgIpc) is 2.03. The molecular formula is C11H20OSi. The Labute approximate surface area is 82.3 Å². The molecule has 0 atom stereocenters. The molecule has 0 heterocycles. The summed E-state index contributed by atoms with van der Waals surface area (Å²) in [6.45, 7) is 6.86. The molecule has 0 N–H and O–H groups in total. The summed E-state index contributed by atoms with van der Waals surface area (Å²) in [4.78, 5) is 0. The summed E-state index contributed by atoms with van der Waals surface area (Å²) in [6.07, 6.45) is 9.95. The van der Waals surface area contributed by atoms with E-state index < -0.39 is 8.32 Å². The molecule has 0 radical (unpaired) electrons. The van der Waals surface area contributed by atoms with Crippen molar-refractivity contribution in [1.29, 1.82) is 0 Å². The molecule has 0 aromatic heterocycles. The second-order valence-electron chi connectivity index (χ2n) is 5.48. The number of hydrogen-bond acceptors (Lipinski definition) is 1. The van der Waals surface area contributed by atoms with E-state index in [1.807, 2.05) is 0 Å². The number of hydrogen-bond donors (Lipinski definition) is 0. The molecule has 3 rings (SSSR count). The van der Waals surface area contributed by atoms with Crippen LogP contribution in [-0.2, 0) is 4.43 Å². The monoisotopic (exact) mass is 196 g/mol. The van der Waals surface area contributed by atoms with Crippen LogP contribution in [0.5, 0.6) is 0 Å². The number of allylic oxidation sites excluding steroid dienone is 1. The first-order valence-corrected chi connectivity index (χ1v) is 8.80. The number of fused-ring (bicyclic) bond motifs is 2. The highest BCUT2D eigenvalue weighted by Gasteiger charge is 2.40. The Morgan fingerprint density at radius 3 is 2.23 bits per heavy atom. The predicted octanol–water partition coefficient (Wildman–Crippen LogP) is 3.34. The zero-order valence-corrected chi connectivity index (χ0v) is 9.97. The van der Waals surface area contributed by atoms with Gasteiger partial charge in [0.1, 0.15) is 0 Å². The molecule has 0 saturated heterocycles. The van der Waals surface area contributed by atoms with Gasteiger partial charge in [-0.1, -0.05) is 12.2 Å². The minimum absolute atomic E-state index is 0.152. The normalized spacial score (nSPS) is 38.2.